The monoisotopic (exact) mass is 673 g/mol. The standard InChI is InChI=1S/C26H14Cl3F8N3O3/c27-15-4-2-11(8-13(15)21(41)38-12-3-6-17(31)18(9-12)40-23(43)26(35,36)37)39-22(42)20-19(24(20,28)29)10-1-5-16(30)14(7-10)25(32,33)34/h1-9,19-20H,(H,38,41)(H,39,42)(H,40,43)/t19-,20+/m0/s1. The van der Waals surface area contributed by atoms with Crippen LogP contribution in [0.2, 0.25) is 5.02 Å². The lowest BCUT2D eigenvalue weighted by atomic mass is 10.0. The minimum atomic E-state index is -5.30. The first-order chi connectivity index (χ1) is 19.8. The second-order valence-corrected chi connectivity index (χ2v) is 11.0. The molecule has 0 spiro atoms. The van der Waals surface area contributed by atoms with Gasteiger partial charge in [-0.1, -0.05) is 17.7 Å². The molecular weight excluding hydrogens is 661 g/mol. The van der Waals surface area contributed by atoms with Crippen molar-refractivity contribution in [1.82, 2.24) is 0 Å². The first-order valence-electron chi connectivity index (χ1n) is 11.6. The van der Waals surface area contributed by atoms with Crippen LogP contribution in [0.5, 0.6) is 0 Å². The lowest BCUT2D eigenvalue weighted by molar-refractivity contribution is -0.167. The summed E-state index contributed by atoms with van der Waals surface area (Å²) in [6.45, 7) is 0. The van der Waals surface area contributed by atoms with E-state index in [1.54, 1.807) is 0 Å². The number of alkyl halides is 8. The molecule has 17 heteroatoms. The van der Waals surface area contributed by atoms with E-state index >= 15 is 0 Å². The number of carbonyl (C=O) groups is 3. The maximum atomic E-state index is 13.9. The molecule has 3 amide bonds. The Morgan fingerprint density at radius 2 is 1.37 bits per heavy atom. The van der Waals surface area contributed by atoms with E-state index in [1.807, 2.05) is 0 Å². The zero-order valence-electron chi connectivity index (χ0n) is 20.7. The molecule has 0 aliphatic heterocycles. The second kappa shape index (κ2) is 11.5. The molecule has 0 radical (unpaired) electrons. The van der Waals surface area contributed by atoms with Crippen LogP contribution < -0.4 is 16.0 Å². The van der Waals surface area contributed by atoms with Crippen molar-refractivity contribution >= 4 is 69.6 Å². The molecule has 1 saturated carbocycles. The fourth-order valence-electron chi connectivity index (χ4n) is 4.11. The van der Waals surface area contributed by atoms with E-state index in [-0.39, 0.29) is 27.5 Å². The SMILES string of the molecule is O=C(Nc1ccc(F)c(NC(=O)C(F)(F)F)c1)c1cc(NC(=O)[C@H]2[C@H](c3ccc(F)c(C(F)(F)F)c3)C2(Cl)Cl)ccc1Cl. The molecule has 3 N–H and O–H groups in total. The number of rotatable bonds is 6. The van der Waals surface area contributed by atoms with E-state index in [0.29, 0.717) is 18.2 Å². The van der Waals surface area contributed by atoms with Crippen molar-refractivity contribution in [1.29, 1.82) is 0 Å². The van der Waals surface area contributed by atoms with Gasteiger partial charge in [-0.3, -0.25) is 14.4 Å². The molecule has 1 aliphatic rings. The third kappa shape index (κ3) is 6.97. The topological polar surface area (TPSA) is 87.3 Å². The summed E-state index contributed by atoms with van der Waals surface area (Å²) in [7, 11) is 0. The summed E-state index contributed by atoms with van der Waals surface area (Å²) >= 11 is 18.4. The molecule has 228 valence electrons. The minimum absolute atomic E-state index is 0.0401. The molecule has 0 aromatic heterocycles. The molecular formula is C26H14Cl3F8N3O3. The number of halogens is 11. The molecule has 4 rings (SSSR count). The maximum absolute atomic E-state index is 13.9. The highest BCUT2D eigenvalue weighted by Gasteiger charge is 2.67. The highest BCUT2D eigenvalue weighted by molar-refractivity contribution is 6.53. The third-order valence-corrected chi connectivity index (χ3v) is 7.47. The number of carbonyl (C=O) groups excluding carboxylic acids is 3. The van der Waals surface area contributed by atoms with Gasteiger partial charge in [0.05, 0.1) is 27.8 Å². The van der Waals surface area contributed by atoms with Gasteiger partial charge in [-0.25, -0.2) is 8.78 Å². The average Bonchev–Trinajstić information content (AvgIpc) is 3.47. The lowest BCUT2D eigenvalue weighted by Gasteiger charge is -2.13. The Balaban J connectivity index is 1.50. The molecule has 3 aromatic carbocycles. The Kier molecular flexibility index (Phi) is 8.61. The number of amides is 3. The molecule has 2 atom stereocenters. The zero-order chi connectivity index (χ0) is 32.1. The van der Waals surface area contributed by atoms with Crippen LogP contribution in [0.25, 0.3) is 0 Å². The largest absolute Gasteiger partial charge is 0.471 e. The van der Waals surface area contributed by atoms with Crippen molar-refractivity contribution in [2.75, 3.05) is 16.0 Å². The lowest BCUT2D eigenvalue weighted by Crippen LogP contribution is -2.30. The van der Waals surface area contributed by atoms with Crippen molar-refractivity contribution in [3.63, 3.8) is 0 Å². The molecule has 1 aliphatic carbocycles. The zero-order valence-corrected chi connectivity index (χ0v) is 23.0. The van der Waals surface area contributed by atoms with Crippen molar-refractivity contribution in [3.05, 3.63) is 87.9 Å². The van der Waals surface area contributed by atoms with Crippen LogP contribution in [0.4, 0.5) is 52.2 Å². The quantitative estimate of drug-likeness (QED) is 0.184. The Hall–Kier alpha value is -3.62. The minimum Gasteiger partial charge on any atom is -0.326 e. The Labute approximate surface area is 251 Å². The van der Waals surface area contributed by atoms with Gasteiger partial charge < -0.3 is 16.0 Å². The van der Waals surface area contributed by atoms with Gasteiger partial charge >= 0.3 is 18.3 Å². The highest BCUT2D eigenvalue weighted by atomic mass is 35.5. The fraction of sp³-hybridized carbons (Fsp3) is 0.192. The van der Waals surface area contributed by atoms with Crippen LogP contribution in [0.3, 0.4) is 0 Å². The fourth-order valence-corrected chi connectivity index (χ4v) is 5.14. The molecule has 6 nitrogen and oxygen atoms in total. The normalized spacial score (nSPS) is 17.7. The molecule has 43 heavy (non-hydrogen) atoms. The second-order valence-electron chi connectivity index (χ2n) is 9.15. The van der Waals surface area contributed by atoms with Gasteiger partial charge in [0.25, 0.3) is 5.91 Å². The molecule has 3 aromatic rings. The van der Waals surface area contributed by atoms with Crippen molar-refractivity contribution in [3.8, 4) is 0 Å². The predicted molar refractivity (Wildman–Crippen MR) is 141 cm³/mol. The van der Waals surface area contributed by atoms with Crippen LogP contribution in [0.1, 0.15) is 27.4 Å². The maximum Gasteiger partial charge on any atom is 0.471 e. The van der Waals surface area contributed by atoms with Crippen molar-refractivity contribution < 1.29 is 49.5 Å². The van der Waals surface area contributed by atoms with E-state index < -0.39 is 69.1 Å². The first-order valence-corrected chi connectivity index (χ1v) is 12.8. The van der Waals surface area contributed by atoms with Gasteiger partial charge in [-0.05, 0) is 54.1 Å². The van der Waals surface area contributed by atoms with E-state index in [0.717, 1.165) is 24.3 Å². The Bertz CT molecular complexity index is 1630. The summed E-state index contributed by atoms with van der Waals surface area (Å²) in [5, 5.41) is 5.85. The van der Waals surface area contributed by atoms with Gasteiger partial charge in [-0.15, -0.1) is 23.2 Å². The highest BCUT2D eigenvalue weighted by Crippen LogP contribution is 2.65. The molecule has 0 saturated heterocycles. The van der Waals surface area contributed by atoms with Crippen LogP contribution in [0, 0.1) is 17.6 Å². The van der Waals surface area contributed by atoms with Crippen LogP contribution in [0.15, 0.2) is 54.6 Å². The average molecular weight is 675 g/mol. The van der Waals surface area contributed by atoms with Gasteiger partial charge in [0.2, 0.25) is 5.91 Å². The van der Waals surface area contributed by atoms with Crippen LogP contribution >= 0.6 is 34.8 Å². The van der Waals surface area contributed by atoms with E-state index in [1.165, 1.54) is 17.4 Å². The number of hydrogen-bond donors (Lipinski definition) is 3. The van der Waals surface area contributed by atoms with E-state index in [9.17, 15) is 49.5 Å². The molecule has 0 bridgehead atoms. The summed E-state index contributed by atoms with van der Waals surface area (Å²) in [6, 6.07) is 8.05. The van der Waals surface area contributed by atoms with E-state index in [2.05, 4.69) is 10.6 Å². The number of nitrogens with one attached hydrogen (secondary N) is 3. The van der Waals surface area contributed by atoms with Crippen LogP contribution in [-0.4, -0.2) is 28.2 Å². The number of hydrogen-bond acceptors (Lipinski definition) is 3. The summed E-state index contributed by atoms with van der Waals surface area (Å²) < 4.78 is 103. The Morgan fingerprint density at radius 1 is 0.767 bits per heavy atom. The third-order valence-electron chi connectivity index (χ3n) is 6.20. The summed E-state index contributed by atoms with van der Waals surface area (Å²) in [4.78, 5) is 36.9. The summed E-state index contributed by atoms with van der Waals surface area (Å²) in [5.74, 6) is -9.43. The predicted octanol–water partition coefficient (Wildman–Crippen LogP) is 7.92. The molecule has 0 heterocycles. The van der Waals surface area contributed by atoms with Crippen LogP contribution in [-0.2, 0) is 15.8 Å². The molecule has 0 unspecified atom stereocenters. The van der Waals surface area contributed by atoms with Crippen molar-refractivity contribution in [2.24, 2.45) is 5.92 Å². The number of anilines is 3. The van der Waals surface area contributed by atoms with Gasteiger partial charge in [0, 0.05) is 17.3 Å². The smallest absolute Gasteiger partial charge is 0.326 e. The Morgan fingerprint density at radius 3 is 2.00 bits per heavy atom. The summed E-state index contributed by atoms with van der Waals surface area (Å²) in [6.07, 6.45) is -10.3. The summed E-state index contributed by atoms with van der Waals surface area (Å²) in [5.41, 5.74) is -3.12. The van der Waals surface area contributed by atoms with Gasteiger partial charge in [0.1, 0.15) is 16.0 Å². The van der Waals surface area contributed by atoms with Gasteiger partial charge in [-0.2, -0.15) is 26.3 Å². The van der Waals surface area contributed by atoms with Crippen molar-refractivity contribution in [2.45, 2.75) is 22.6 Å². The first kappa shape index (κ1) is 32.3. The van der Waals surface area contributed by atoms with Gasteiger partial charge in [0.15, 0.2) is 0 Å². The molecule has 1 fully saturated rings. The number of benzene rings is 3. The van der Waals surface area contributed by atoms with E-state index in [4.69, 9.17) is 34.8 Å².